The van der Waals surface area contributed by atoms with Gasteiger partial charge in [-0.2, -0.15) is 5.10 Å². The van der Waals surface area contributed by atoms with Gasteiger partial charge >= 0.3 is 5.97 Å². The van der Waals surface area contributed by atoms with Gasteiger partial charge in [-0.3, -0.25) is 5.43 Å². The molecule has 0 radical (unpaired) electrons. The molecule has 114 valence electrons. The van der Waals surface area contributed by atoms with Crippen LogP contribution in [0.1, 0.15) is 12.5 Å². The quantitative estimate of drug-likeness (QED) is 0.499. The van der Waals surface area contributed by atoms with Crippen molar-refractivity contribution in [2.45, 2.75) is 13.3 Å². The van der Waals surface area contributed by atoms with Gasteiger partial charge in [0.05, 0.1) is 12.3 Å². The fourth-order valence-electron chi connectivity index (χ4n) is 1.82. The van der Waals surface area contributed by atoms with Gasteiger partial charge in [0.2, 0.25) is 0 Å². The van der Waals surface area contributed by atoms with Gasteiger partial charge in [-0.05, 0) is 36.8 Å². The first-order valence-electron chi connectivity index (χ1n) is 6.98. The van der Waals surface area contributed by atoms with Crippen molar-refractivity contribution < 1.29 is 9.53 Å². The molecule has 0 amide bonds. The van der Waals surface area contributed by atoms with E-state index in [4.69, 9.17) is 16.3 Å². The summed E-state index contributed by atoms with van der Waals surface area (Å²) in [6, 6.07) is 16.7. The summed E-state index contributed by atoms with van der Waals surface area (Å²) in [5.74, 6) is -0.423. The molecule has 0 bridgehead atoms. The van der Waals surface area contributed by atoms with Crippen molar-refractivity contribution in [3.63, 3.8) is 0 Å². The zero-order valence-corrected chi connectivity index (χ0v) is 13.0. The highest BCUT2D eigenvalue weighted by molar-refractivity contribution is 6.37. The lowest BCUT2D eigenvalue weighted by molar-refractivity contribution is -0.135. The molecular formula is C17H17ClN2O2. The van der Waals surface area contributed by atoms with Crippen molar-refractivity contribution in [3.8, 4) is 0 Å². The van der Waals surface area contributed by atoms with Crippen LogP contribution in [0.15, 0.2) is 59.7 Å². The van der Waals surface area contributed by atoms with Crippen molar-refractivity contribution in [1.29, 1.82) is 0 Å². The minimum Gasteiger partial charge on any atom is -0.461 e. The lowest BCUT2D eigenvalue weighted by Gasteiger charge is -2.07. The Morgan fingerprint density at radius 3 is 2.45 bits per heavy atom. The number of nitrogens with zero attached hydrogens (tertiary/aromatic N) is 1. The number of benzene rings is 2. The summed E-state index contributed by atoms with van der Waals surface area (Å²) >= 11 is 5.84. The van der Waals surface area contributed by atoms with E-state index in [1.807, 2.05) is 30.3 Å². The number of halogens is 1. The number of hydrogen-bond donors (Lipinski definition) is 1. The topological polar surface area (TPSA) is 50.7 Å². The number of hydrogen-bond acceptors (Lipinski definition) is 4. The molecule has 4 nitrogen and oxygen atoms in total. The van der Waals surface area contributed by atoms with Crippen LogP contribution in [0.2, 0.25) is 5.02 Å². The van der Waals surface area contributed by atoms with Crippen molar-refractivity contribution in [2.75, 3.05) is 12.0 Å². The third-order valence-electron chi connectivity index (χ3n) is 2.89. The summed E-state index contributed by atoms with van der Waals surface area (Å²) in [6.07, 6.45) is 0.403. The molecule has 5 heteroatoms. The summed E-state index contributed by atoms with van der Waals surface area (Å²) < 4.78 is 5.05. The average Bonchev–Trinajstić information content (AvgIpc) is 2.54. The van der Waals surface area contributed by atoms with E-state index in [2.05, 4.69) is 10.5 Å². The lowest BCUT2D eigenvalue weighted by atomic mass is 10.1. The predicted octanol–water partition coefficient (Wildman–Crippen LogP) is 3.91. The van der Waals surface area contributed by atoms with Gasteiger partial charge in [0.25, 0.3) is 0 Å². The van der Waals surface area contributed by atoms with Crippen molar-refractivity contribution in [2.24, 2.45) is 5.10 Å². The van der Waals surface area contributed by atoms with Gasteiger partial charge in [0.15, 0.2) is 0 Å². The highest BCUT2D eigenvalue weighted by Crippen LogP contribution is 2.13. The molecule has 0 aliphatic carbocycles. The molecule has 22 heavy (non-hydrogen) atoms. The SMILES string of the molecule is CCOC(=O)C(Cc1ccccc1)=NNc1ccc(Cl)cc1. The van der Waals surface area contributed by atoms with E-state index in [0.717, 1.165) is 11.3 Å². The lowest BCUT2D eigenvalue weighted by Crippen LogP contribution is -2.21. The van der Waals surface area contributed by atoms with Gasteiger partial charge in [-0.25, -0.2) is 4.79 Å². The van der Waals surface area contributed by atoms with E-state index >= 15 is 0 Å². The summed E-state index contributed by atoms with van der Waals surface area (Å²) in [5.41, 5.74) is 4.92. The summed E-state index contributed by atoms with van der Waals surface area (Å²) in [6.45, 7) is 2.08. The number of carbonyl (C=O) groups excluding carboxylic acids is 1. The largest absolute Gasteiger partial charge is 0.461 e. The van der Waals surface area contributed by atoms with Crippen LogP contribution in [-0.2, 0) is 16.0 Å². The molecule has 2 rings (SSSR count). The summed E-state index contributed by atoms with van der Waals surface area (Å²) in [4.78, 5) is 12.0. The molecule has 0 unspecified atom stereocenters. The van der Waals surface area contributed by atoms with Gasteiger partial charge in [-0.15, -0.1) is 0 Å². The van der Waals surface area contributed by atoms with E-state index in [-0.39, 0.29) is 0 Å². The zero-order valence-electron chi connectivity index (χ0n) is 12.3. The Hall–Kier alpha value is -2.33. The molecule has 0 aliphatic rings. The van der Waals surface area contributed by atoms with E-state index in [1.165, 1.54) is 0 Å². The molecule has 0 aliphatic heterocycles. The van der Waals surface area contributed by atoms with E-state index in [1.54, 1.807) is 31.2 Å². The molecule has 0 aromatic heterocycles. The molecule has 2 aromatic rings. The van der Waals surface area contributed by atoms with E-state index in [9.17, 15) is 4.79 Å². The smallest absolute Gasteiger partial charge is 0.354 e. The molecule has 0 fully saturated rings. The van der Waals surface area contributed by atoms with Crippen LogP contribution >= 0.6 is 11.6 Å². The number of esters is 1. The number of carbonyl (C=O) groups is 1. The molecule has 1 N–H and O–H groups in total. The van der Waals surface area contributed by atoms with Crippen LogP contribution in [-0.4, -0.2) is 18.3 Å². The second kappa shape index (κ2) is 8.20. The Labute approximate surface area is 134 Å². The summed E-state index contributed by atoms with van der Waals surface area (Å²) in [5, 5.41) is 4.83. The fraction of sp³-hybridized carbons (Fsp3) is 0.176. The molecule has 0 saturated heterocycles. The maximum absolute atomic E-state index is 12.0. The highest BCUT2D eigenvalue weighted by Gasteiger charge is 2.13. The minimum absolute atomic E-state index is 0.313. The summed E-state index contributed by atoms with van der Waals surface area (Å²) in [7, 11) is 0. The van der Waals surface area contributed by atoms with Crippen molar-refractivity contribution in [3.05, 3.63) is 65.2 Å². The highest BCUT2D eigenvalue weighted by atomic mass is 35.5. The molecule has 2 aromatic carbocycles. The third-order valence-corrected chi connectivity index (χ3v) is 3.14. The van der Waals surface area contributed by atoms with Gasteiger partial charge in [0, 0.05) is 11.4 Å². The number of hydrazone groups is 1. The zero-order chi connectivity index (χ0) is 15.8. The van der Waals surface area contributed by atoms with Crippen LogP contribution < -0.4 is 5.43 Å². The minimum atomic E-state index is -0.423. The van der Waals surface area contributed by atoms with E-state index < -0.39 is 5.97 Å². The maximum Gasteiger partial charge on any atom is 0.354 e. The number of ether oxygens (including phenoxy) is 1. The number of nitrogens with one attached hydrogen (secondary N) is 1. The third kappa shape index (κ3) is 4.90. The van der Waals surface area contributed by atoms with Gasteiger partial charge < -0.3 is 4.74 Å². The Morgan fingerprint density at radius 1 is 1.14 bits per heavy atom. The maximum atomic E-state index is 12.0. The Morgan fingerprint density at radius 2 is 1.82 bits per heavy atom. The normalized spacial score (nSPS) is 11.1. The Bertz CT molecular complexity index is 639. The van der Waals surface area contributed by atoms with Crippen LogP contribution in [0.3, 0.4) is 0 Å². The molecule has 0 atom stereocenters. The standard InChI is InChI=1S/C17H17ClN2O2/c1-2-22-17(21)16(12-13-6-4-3-5-7-13)20-19-15-10-8-14(18)9-11-15/h3-11,19H,2,12H2,1H3. The monoisotopic (exact) mass is 316 g/mol. The first-order valence-corrected chi connectivity index (χ1v) is 7.36. The van der Waals surface area contributed by atoms with Crippen molar-refractivity contribution >= 4 is 29.0 Å². The number of anilines is 1. The first kappa shape index (κ1) is 16.0. The molecule has 0 spiro atoms. The molecular weight excluding hydrogens is 300 g/mol. The van der Waals surface area contributed by atoms with Crippen LogP contribution in [0.25, 0.3) is 0 Å². The second-order valence-corrected chi connectivity index (χ2v) is 5.00. The van der Waals surface area contributed by atoms with Crippen molar-refractivity contribution in [1.82, 2.24) is 0 Å². The van der Waals surface area contributed by atoms with Crippen LogP contribution in [0.5, 0.6) is 0 Å². The van der Waals surface area contributed by atoms with Crippen LogP contribution in [0, 0.1) is 0 Å². The predicted molar refractivity (Wildman–Crippen MR) is 89.3 cm³/mol. The molecule has 0 saturated carbocycles. The fourth-order valence-corrected chi connectivity index (χ4v) is 1.94. The van der Waals surface area contributed by atoms with Crippen LogP contribution in [0.4, 0.5) is 5.69 Å². The average molecular weight is 317 g/mol. The van der Waals surface area contributed by atoms with Gasteiger partial charge in [0.1, 0.15) is 5.71 Å². The Balaban J connectivity index is 2.14. The first-order chi connectivity index (χ1) is 10.7. The molecule has 0 heterocycles. The number of rotatable bonds is 6. The Kier molecular flexibility index (Phi) is 5.98. The van der Waals surface area contributed by atoms with Gasteiger partial charge in [-0.1, -0.05) is 41.9 Å². The second-order valence-electron chi connectivity index (χ2n) is 4.56. The van der Waals surface area contributed by atoms with E-state index in [0.29, 0.717) is 23.8 Å².